The van der Waals surface area contributed by atoms with E-state index in [0.717, 1.165) is 0 Å². The number of carboxylic acids is 1. The van der Waals surface area contributed by atoms with Gasteiger partial charge in [0.05, 0.1) is 0 Å². The van der Waals surface area contributed by atoms with Crippen LogP contribution in [0, 0.1) is 0 Å². The molecule has 20 heavy (non-hydrogen) atoms. The van der Waals surface area contributed by atoms with Gasteiger partial charge in [-0.05, 0) is 13.3 Å². The Morgan fingerprint density at radius 2 is 2.00 bits per heavy atom. The number of aliphatic carboxylic acids is 1. The summed E-state index contributed by atoms with van der Waals surface area (Å²) >= 11 is 0. The standard InChI is InChI=1S/C12H16N4O4/c1-3-5-16-10-9(11(19)14-12(16)20)15(4-2)7(13-10)6-8(17)18/h3-6H2,1-2H3,(H,17,18)(H,14,19,20). The second-order valence-electron chi connectivity index (χ2n) is 4.43. The van der Waals surface area contributed by atoms with Gasteiger partial charge in [-0.3, -0.25) is 19.1 Å². The Morgan fingerprint density at radius 3 is 2.55 bits per heavy atom. The molecule has 0 aliphatic carbocycles. The topological polar surface area (TPSA) is 110 Å². The van der Waals surface area contributed by atoms with Crippen LogP contribution in [0.2, 0.25) is 0 Å². The smallest absolute Gasteiger partial charge is 0.330 e. The third-order valence-electron chi connectivity index (χ3n) is 3.04. The number of rotatable bonds is 5. The number of carboxylic acid groups (broad SMARTS) is 1. The average Bonchev–Trinajstić information content (AvgIpc) is 2.72. The Bertz CT molecular complexity index is 768. The highest BCUT2D eigenvalue weighted by molar-refractivity contribution is 5.74. The van der Waals surface area contributed by atoms with Crippen molar-refractivity contribution >= 4 is 17.1 Å². The maximum atomic E-state index is 12.0. The van der Waals surface area contributed by atoms with Crippen molar-refractivity contribution in [1.82, 2.24) is 19.1 Å². The van der Waals surface area contributed by atoms with E-state index >= 15 is 0 Å². The van der Waals surface area contributed by atoms with Crippen molar-refractivity contribution in [3.63, 3.8) is 0 Å². The van der Waals surface area contributed by atoms with Gasteiger partial charge in [-0.2, -0.15) is 0 Å². The fourth-order valence-corrected chi connectivity index (χ4v) is 2.26. The monoisotopic (exact) mass is 280 g/mol. The minimum Gasteiger partial charge on any atom is -0.481 e. The molecule has 0 saturated heterocycles. The van der Waals surface area contributed by atoms with Crippen LogP contribution >= 0.6 is 0 Å². The van der Waals surface area contributed by atoms with Gasteiger partial charge < -0.3 is 9.67 Å². The number of imidazole rings is 1. The Hall–Kier alpha value is -2.38. The van der Waals surface area contributed by atoms with Crippen LogP contribution < -0.4 is 11.2 Å². The number of aromatic amines is 1. The third kappa shape index (κ3) is 2.24. The van der Waals surface area contributed by atoms with Gasteiger partial charge in [0, 0.05) is 13.1 Å². The number of hydrogen-bond acceptors (Lipinski definition) is 4. The van der Waals surface area contributed by atoms with Gasteiger partial charge in [-0.1, -0.05) is 6.92 Å². The van der Waals surface area contributed by atoms with Crippen LogP contribution in [0.1, 0.15) is 26.1 Å². The van der Waals surface area contributed by atoms with E-state index in [4.69, 9.17) is 5.11 Å². The summed E-state index contributed by atoms with van der Waals surface area (Å²) < 4.78 is 2.90. The van der Waals surface area contributed by atoms with Crippen molar-refractivity contribution in [2.24, 2.45) is 0 Å². The number of aryl methyl sites for hydroxylation is 2. The molecule has 2 aromatic rings. The zero-order valence-electron chi connectivity index (χ0n) is 11.3. The molecule has 0 unspecified atom stereocenters. The van der Waals surface area contributed by atoms with Crippen LogP contribution in [0.15, 0.2) is 9.59 Å². The molecule has 108 valence electrons. The molecule has 8 heteroatoms. The van der Waals surface area contributed by atoms with E-state index < -0.39 is 17.2 Å². The SMILES string of the molecule is CCCn1c(=O)[nH]c(=O)c2c1nc(CC(=O)O)n2CC. The van der Waals surface area contributed by atoms with Gasteiger partial charge in [0.25, 0.3) is 5.56 Å². The number of nitrogens with zero attached hydrogens (tertiary/aromatic N) is 3. The summed E-state index contributed by atoms with van der Waals surface area (Å²) in [5.41, 5.74) is -0.564. The van der Waals surface area contributed by atoms with Crippen LogP contribution in [0.4, 0.5) is 0 Å². The number of fused-ring (bicyclic) bond motifs is 1. The minimum absolute atomic E-state index is 0.247. The summed E-state index contributed by atoms with van der Waals surface area (Å²) in [7, 11) is 0. The van der Waals surface area contributed by atoms with Crippen molar-refractivity contribution in [2.45, 2.75) is 39.8 Å². The predicted molar refractivity (Wildman–Crippen MR) is 71.9 cm³/mol. The van der Waals surface area contributed by atoms with E-state index in [9.17, 15) is 14.4 Å². The van der Waals surface area contributed by atoms with Crippen molar-refractivity contribution in [1.29, 1.82) is 0 Å². The highest BCUT2D eigenvalue weighted by Gasteiger charge is 2.18. The predicted octanol–water partition coefficient (Wildman–Crippen LogP) is -0.0567. The Kier molecular flexibility index (Phi) is 3.73. The molecule has 0 aromatic carbocycles. The second-order valence-corrected chi connectivity index (χ2v) is 4.43. The number of H-pyrrole nitrogens is 1. The first kappa shape index (κ1) is 14.0. The summed E-state index contributed by atoms with van der Waals surface area (Å²) in [4.78, 5) is 41.1. The van der Waals surface area contributed by atoms with Crippen LogP contribution in [0.25, 0.3) is 11.2 Å². The molecule has 0 amide bonds. The zero-order valence-corrected chi connectivity index (χ0v) is 11.3. The van der Waals surface area contributed by atoms with Gasteiger partial charge in [-0.25, -0.2) is 9.78 Å². The summed E-state index contributed by atoms with van der Waals surface area (Å²) in [6.45, 7) is 4.52. The minimum atomic E-state index is -1.03. The second kappa shape index (κ2) is 5.32. The Morgan fingerprint density at radius 1 is 1.30 bits per heavy atom. The Balaban J connectivity index is 2.84. The molecule has 2 heterocycles. The van der Waals surface area contributed by atoms with Crippen molar-refractivity contribution in [2.75, 3.05) is 0 Å². The summed E-state index contributed by atoms with van der Waals surface area (Å²) in [5, 5.41) is 8.90. The molecule has 2 rings (SSSR count). The molecular weight excluding hydrogens is 264 g/mol. The van der Waals surface area contributed by atoms with E-state index in [1.165, 1.54) is 9.13 Å². The van der Waals surface area contributed by atoms with Gasteiger partial charge in [0.2, 0.25) is 0 Å². The fraction of sp³-hybridized carbons (Fsp3) is 0.500. The van der Waals surface area contributed by atoms with Crippen LogP contribution in [0.5, 0.6) is 0 Å². The molecule has 0 radical (unpaired) electrons. The maximum absolute atomic E-state index is 12.0. The lowest BCUT2D eigenvalue weighted by atomic mass is 10.4. The Labute approximate surface area is 113 Å². The van der Waals surface area contributed by atoms with Crippen molar-refractivity contribution in [3.05, 3.63) is 26.7 Å². The average molecular weight is 280 g/mol. The van der Waals surface area contributed by atoms with Crippen LogP contribution in [0.3, 0.4) is 0 Å². The molecule has 0 spiro atoms. The number of aromatic nitrogens is 4. The lowest BCUT2D eigenvalue weighted by molar-refractivity contribution is -0.136. The molecule has 2 aromatic heterocycles. The van der Waals surface area contributed by atoms with Crippen LogP contribution in [-0.4, -0.2) is 30.2 Å². The molecule has 0 atom stereocenters. The zero-order chi connectivity index (χ0) is 14.9. The molecule has 0 aliphatic rings. The van der Waals surface area contributed by atoms with Crippen LogP contribution in [-0.2, 0) is 24.3 Å². The largest absolute Gasteiger partial charge is 0.481 e. The summed E-state index contributed by atoms with van der Waals surface area (Å²) in [6, 6.07) is 0. The molecular formula is C12H16N4O4. The number of nitrogens with one attached hydrogen (secondary N) is 1. The maximum Gasteiger partial charge on any atom is 0.330 e. The van der Waals surface area contributed by atoms with Crippen molar-refractivity contribution in [3.8, 4) is 0 Å². The highest BCUT2D eigenvalue weighted by Crippen LogP contribution is 2.12. The lowest BCUT2D eigenvalue weighted by Gasteiger charge is -2.05. The first-order valence-corrected chi connectivity index (χ1v) is 6.43. The van der Waals surface area contributed by atoms with Gasteiger partial charge in [0.1, 0.15) is 12.2 Å². The molecule has 8 nitrogen and oxygen atoms in total. The molecule has 0 aliphatic heterocycles. The normalized spacial score (nSPS) is 11.1. The van der Waals surface area contributed by atoms with Gasteiger partial charge >= 0.3 is 11.7 Å². The quantitative estimate of drug-likeness (QED) is 0.797. The van der Waals surface area contributed by atoms with E-state index in [1.54, 1.807) is 6.92 Å². The number of hydrogen-bond donors (Lipinski definition) is 2. The van der Waals surface area contributed by atoms with Gasteiger partial charge in [-0.15, -0.1) is 0 Å². The van der Waals surface area contributed by atoms with E-state index in [0.29, 0.717) is 19.5 Å². The highest BCUT2D eigenvalue weighted by atomic mass is 16.4. The van der Waals surface area contributed by atoms with Gasteiger partial charge in [0.15, 0.2) is 11.2 Å². The summed E-state index contributed by atoms with van der Waals surface area (Å²) in [5.74, 6) is -0.758. The molecule has 0 saturated carbocycles. The van der Waals surface area contributed by atoms with Crippen molar-refractivity contribution < 1.29 is 9.90 Å². The van der Waals surface area contributed by atoms with E-state index in [-0.39, 0.29) is 23.4 Å². The van der Waals surface area contributed by atoms with E-state index in [1.807, 2.05) is 6.92 Å². The first-order valence-electron chi connectivity index (χ1n) is 6.43. The summed E-state index contributed by atoms with van der Waals surface area (Å²) in [6.07, 6.45) is 0.413. The fourth-order valence-electron chi connectivity index (χ4n) is 2.26. The van der Waals surface area contributed by atoms with E-state index in [2.05, 4.69) is 9.97 Å². The number of carbonyl (C=O) groups is 1. The lowest BCUT2D eigenvalue weighted by Crippen LogP contribution is -2.31. The molecule has 0 bridgehead atoms. The third-order valence-corrected chi connectivity index (χ3v) is 3.04. The molecule has 0 fully saturated rings. The molecule has 2 N–H and O–H groups in total. The first-order chi connectivity index (χ1) is 9.49.